The Morgan fingerprint density at radius 2 is 2.12 bits per heavy atom. The number of aromatic nitrogens is 1. The maximum atomic E-state index is 11.2. The van der Waals surface area contributed by atoms with Crippen LogP contribution in [0, 0.1) is 5.92 Å². The van der Waals surface area contributed by atoms with Crippen molar-refractivity contribution < 1.29 is 14.6 Å². The minimum atomic E-state index is -0.581. The molecule has 24 heavy (non-hydrogen) atoms. The van der Waals surface area contributed by atoms with Gasteiger partial charge >= 0.3 is 0 Å². The monoisotopic (exact) mass is 329 g/mol. The second-order valence-corrected chi connectivity index (χ2v) is 6.27. The van der Waals surface area contributed by atoms with Gasteiger partial charge in [-0.1, -0.05) is 6.07 Å². The highest BCUT2D eigenvalue weighted by Gasteiger charge is 2.24. The van der Waals surface area contributed by atoms with Crippen LogP contribution in [0.3, 0.4) is 0 Å². The van der Waals surface area contributed by atoms with E-state index in [4.69, 9.17) is 10.5 Å². The van der Waals surface area contributed by atoms with Gasteiger partial charge in [0, 0.05) is 24.0 Å². The molecule has 1 aromatic heterocycles. The van der Waals surface area contributed by atoms with Crippen LogP contribution in [0.15, 0.2) is 36.5 Å². The third-order valence-electron chi connectivity index (χ3n) is 4.50. The lowest BCUT2D eigenvalue weighted by Gasteiger charge is -2.31. The summed E-state index contributed by atoms with van der Waals surface area (Å²) in [5, 5.41) is 11.2. The number of fused-ring (bicyclic) bond motifs is 1. The van der Waals surface area contributed by atoms with Crippen molar-refractivity contribution in [3.8, 4) is 5.75 Å². The first-order valence-corrected chi connectivity index (χ1v) is 8.30. The third-order valence-corrected chi connectivity index (χ3v) is 4.50. The topological polar surface area (TPSA) is 88.7 Å². The minimum Gasteiger partial charge on any atom is -0.490 e. The highest BCUT2D eigenvalue weighted by Crippen LogP contribution is 2.24. The van der Waals surface area contributed by atoms with Gasteiger partial charge in [-0.3, -0.25) is 9.78 Å². The van der Waals surface area contributed by atoms with Crippen LogP contribution in [0.1, 0.15) is 12.8 Å². The summed E-state index contributed by atoms with van der Waals surface area (Å²) < 4.78 is 5.79. The number of aliphatic hydroxyl groups is 1. The zero-order valence-electron chi connectivity index (χ0n) is 13.6. The van der Waals surface area contributed by atoms with Gasteiger partial charge in [0.15, 0.2) is 0 Å². The molecule has 1 saturated heterocycles. The Kier molecular flexibility index (Phi) is 5.27. The van der Waals surface area contributed by atoms with Crippen LogP contribution in [0.25, 0.3) is 10.9 Å². The Bertz CT molecular complexity index is 693. The highest BCUT2D eigenvalue weighted by atomic mass is 16.5. The molecule has 0 bridgehead atoms. The lowest BCUT2D eigenvalue weighted by atomic mass is 9.96. The van der Waals surface area contributed by atoms with Gasteiger partial charge in [0.2, 0.25) is 5.91 Å². The molecule has 1 aliphatic rings. The number of primary amides is 1. The fourth-order valence-electron chi connectivity index (χ4n) is 3.14. The van der Waals surface area contributed by atoms with Crippen molar-refractivity contribution in [2.75, 3.05) is 26.2 Å². The molecule has 0 unspecified atom stereocenters. The summed E-state index contributed by atoms with van der Waals surface area (Å²) in [6, 6.07) is 9.54. The second kappa shape index (κ2) is 7.59. The molecule has 3 N–H and O–H groups in total. The molecule has 6 heteroatoms. The van der Waals surface area contributed by atoms with E-state index in [2.05, 4.69) is 9.88 Å². The lowest BCUT2D eigenvalue weighted by molar-refractivity contribution is -0.123. The first-order chi connectivity index (χ1) is 11.6. The molecule has 0 spiro atoms. The van der Waals surface area contributed by atoms with E-state index in [0.29, 0.717) is 6.54 Å². The van der Waals surface area contributed by atoms with Crippen LogP contribution >= 0.6 is 0 Å². The molecule has 1 aliphatic heterocycles. The zero-order chi connectivity index (χ0) is 16.9. The number of nitrogens with two attached hydrogens (primary N) is 1. The minimum absolute atomic E-state index is 0.0298. The smallest absolute Gasteiger partial charge is 0.220 e. The van der Waals surface area contributed by atoms with Crippen LogP contribution in [-0.2, 0) is 4.79 Å². The molecular formula is C18H23N3O3. The van der Waals surface area contributed by atoms with Crippen LogP contribution in [0.5, 0.6) is 5.75 Å². The summed E-state index contributed by atoms with van der Waals surface area (Å²) in [6.07, 6.45) is 2.69. The first kappa shape index (κ1) is 16.7. The molecule has 0 radical (unpaired) electrons. The molecule has 3 rings (SSSR count). The quantitative estimate of drug-likeness (QED) is 0.830. The largest absolute Gasteiger partial charge is 0.490 e. The molecule has 1 fully saturated rings. The van der Waals surface area contributed by atoms with Crippen LogP contribution < -0.4 is 10.5 Å². The number of piperidine rings is 1. The fraction of sp³-hybridized carbons (Fsp3) is 0.444. The molecule has 2 heterocycles. The number of aliphatic hydroxyl groups excluding tert-OH is 1. The van der Waals surface area contributed by atoms with Crippen molar-refractivity contribution in [3.63, 3.8) is 0 Å². The molecule has 1 amide bonds. The van der Waals surface area contributed by atoms with E-state index in [0.717, 1.165) is 42.6 Å². The Morgan fingerprint density at radius 3 is 2.88 bits per heavy atom. The summed E-state index contributed by atoms with van der Waals surface area (Å²) >= 11 is 0. The second-order valence-electron chi connectivity index (χ2n) is 6.27. The molecule has 0 saturated carbocycles. The Morgan fingerprint density at radius 1 is 1.33 bits per heavy atom. The van der Waals surface area contributed by atoms with Crippen LogP contribution in [0.4, 0.5) is 0 Å². The van der Waals surface area contributed by atoms with Gasteiger partial charge in [-0.2, -0.15) is 0 Å². The lowest BCUT2D eigenvalue weighted by Crippen LogP contribution is -2.43. The van der Waals surface area contributed by atoms with E-state index in [-0.39, 0.29) is 18.4 Å². The van der Waals surface area contributed by atoms with Gasteiger partial charge in [0.1, 0.15) is 18.5 Å². The van der Waals surface area contributed by atoms with Gasteiger partial charge in [-0.05, 0) is 50.2 Å². The molecule has 2 aromatic rings. The summed E-state index contributed by atoms with van der Waals surface area (Å²) in [6.45, 7) is 2.32. The number of benzene rings is 1. The Balaban J connectivity index is 1.51. The number of β-amino-alcohol motifs (C(OH)–C–C–N with tert-alkyl or cyclic N) is 1. The number of hydrogen-bond acceptors (Lipinski definition) is 5. The normalized spacial score (nSPS) is 17.7. The molecule has 1 aromatic carbocycles. The number of rotatable bonds is 6. The van der Waals surface area contributed by atoms with Crippen molar-refractivity contribution in [2.45, 2.75) is 18.9 Å². The van der Waals surface area contributed by atoms with Crippen LogP contribution in [-0.4, -0.2) is 53.2 Å². The average molecular weight is 329 g/mol. The fourth-order valence-corrected chi connectivity index (χ4v) is 3.14. The Labute approximate surface area is 141 Å². The third kappa shape index (κ3) is 4.01. The molecule has 0 aliphatic carbocycles. The molecule has 6 nitrogen and oxygen atoms in total. The van der Waals surface area contributed by atoms with Gasteiger partial charge in [0.05, 0.1) is 5.52 Å². The summed E-state index contributed by atoms with van der Waals surface area (Å²) in [7, 11) is 0. The number of nitrogens with zero attached hydrogens (tertiary/aromatic N) is 2. The maximum Gasteiger partial charge on any atom is 0.220 e. The van der Waals surface area contributed by atoms with E-state index in [9.17, 15) is 9.90 Å². The molecule has 1 atom stereocenters. The SMILES string of the molecule is NC(=O)C1CCN(C[C@@H](O)COc2cccc3ncccc23)CC1. The molecular weight excluding hydrogens is 306 g/mol. The predicted molar refractivity (Wildman–Crippen MR) is 91.6 cm³/mol. The first-order valence-electron chi connectivity index (χ1n) is 8.30. The number of ether oxygens (including phenoxy) is 1. The highest BCUT2D eigenvalue weighted by molar-refractivity contribution is 5.84. The van der Waals surface area contributed by atoms with Crippen molar-refractivity contribution in [1.29, 1.82) is 0 Å². The van der Waals surface area contributed by atoms with E-state index >= 15 is 0 Å². The average Bonchev–Trinajstić information content (AvgIpc) is 2.60. The number of pyridine rings is 1. The number of carbonyl (C=O) groups is 1. The number of hydrogen-bond donors (Lipinski definition) is 2. The van der Waals surface area contributed by atoms with Crippen molar-refractivity contribution in [3.05, 3.63) is 36.5 Å². The van der Waals surface area contributed by atoms with Crippen molar-refractivity contribution in [2.24, 2.45) is 11.7 Å². The van der Waals surface area contributed by atoms with Gasteiger partial charge in [-0.25, -0.2) is 0 Å². The van der Waals surface area contributed by atoms with Crippen molar-refractivity contribution >= 4 is 16.8 Å². The number of amides is 1. The van der Waals surface area contributed by atoms with E-state index < -0.39 is 6.10 Å². The summed E-state index contributed by atoms with van der Waals surface area (Å²) in [5.74, 6) is 0.480. The van der Waals surface area contributed by atoms with Gasteiger partial charge in [0.25, 0.3) is 0 Å². The predicted octanol–water partition coefficient (Wildman–Crippen LogP) is 1.17. The number of carbonyl (C=O) groups excluding carboxylic acids is 1. The van der Waals surface area contributed by atoms with Gasteiger partial charge in [-0.15, -0.1) is 0 Å². The number of likely N-dealkylation sites (tertiary alicyclic amines) is 1. The van der Waals surface area contributed by atoms with E-state index in [1.165, 1.54) is 0 Å². The molecule has 128 valence electrons. The zero-order valence-corrected chi connectivity index (χ0v) is 13.6. The summed E-state index contributed by atoms with van der Waals surface area (Å²) in [4.78, 5) is 17.6. The van der Waals surface area contributed by atoms with E-state index in [1.54, 1.807) is 6.20 Å². The maximum absolute atomic E-state index is 11.2. The standard InChI is InChI=1S/C18H23N3O3/c19-18(23)13-6-9-21(10-7-13)11-14(22)12-24-17-5-1-4-16-15(17)3-2-8-20-16/h1-5,8,13-14,22H,6-7,9-12H2,(H2,19,23)/t14-/m1/s1. The van der Waals surface area contributed by atoms with Crippen LogP contribution in [0.2, 0.25) is 0 Å². The van der Waals surface area contributed by atoms with Crippen molar-refractivity contribution in [1.82, 2.24) is 9.88 Å². The summed E-state index contributed by atoms with van der Waals surface area (Å²) in [5.41, 5.74) is 6.21. The van der Waals surface area contributed by atoms with Gasteiger partial charge < -0.3 is 20.5 Å². The Hall–Kier alpha value is -2.18. The van der Waals surface area contributed by atoms with E-state index in [1.807, 2.05) is 30.3 Å².